The molecular formula is C11H20O3. The molecule has 0 heterocycles. The van der Waals surface area contributed by atoms with Crippen LogP contribution in [0.25, 0.3) is 0 Å². The predicted octanol–water partition coefficient (Wildman–Crippen LogP) is 2.14. The number of carbonyl (C=O) groups is 1. The number of rotatable bonds is 3. The van der Waals surface area contributed by atoms with Crippen LogP contribution in [0.3, 0.4) is 0 Å². The van der Waals surface area contributed by atoms with E-state index < -0.39 is 0 Å². The molecule has 2 atom stereocenters. The summed E-state index contributed by atoms with van der Waals surface area (Å²) in [5.74, 6) is -0.00199. The average Bonchev–Trinajstić information content (AvgIpc) is 2.17. The number of esters is 1. The summed E-state index contributed by atoms with van der Waals surface area (Å²) in [4.78, 5) is 11.6. The molecule has 1 aliphatic carbocycles. The van der Waals surface area contributed by atoms with E-state index in [0.717, 1.165) is 25.7 Å². The minimum atomic E-state index is -0.0539. The topological polar surface area (TPSA) is 35.5 Å². The molecule has 0 aromatic carbocycles. The normalized spacial score (nSPS) is 27.7. The smallest absolute Gasteiger partial charge is 0.309 e. The van der Waals surface area contributed by atoms with Crippen molar-refractivity contribution in [3.05, 3.63) is 0 Å². The minimum Gasteiger partial charge on any atom is -0.463 e. The van der Waals surface area contributed by atoms with Crippen molar-refractivity contribution in [2.75, 3.05) is 7.11 Å². The first-order valence-corrected chi connectivity index (χ1v) is 5.36. The van der Waals surface area contributed by atoms with Crippen molar-refractivity contribution in [3.8, 4) is 0 Å². The summed E-state index contributed by atoms with van der Waals surface area (Å²) in [6.07, 6.45) is 4.14. The first-order valence-electron chi connectivity index (χ1n) is 5.36. The Hall–Kier alpha value is -0.570. The van der Waals surface area contributed by atoms with E-state index in [1.54, 1.807) is 7.11 Å². The van der Waals surface area contributed by atoms with Gasteiger partial charge in [-0.1, -0.05) is 6.42 Å². The van der Waals surface area contributed by atoms with Gasteiger partial charge in [0.1, 0.15) is 0 Å². The maximum Gasteiger partial charge on any atom is 0.309 e. The van der Waals surface area contributed by atoms with E-state index in [2.05, 4.69) is 0 Å². The fourth-order valence-electron chi connectivity index (χ4n) is 1.90. The zero-order valence-corrected chi connectivity index (χ0v) is 9.29. The lowest BCUT2D eigenvalue weighted by Crippen LogP contribution is -2.29. The predicted molar refractivity (Wildman–Crippen MR) is 54.0 cm³/mol. The molecule has 0 aromatic rings. The molecule has 0 aromatic heterocycles. The second kappa shape index (κ2) is 5.35. The van der Waals surface area contributed by atoms with E-state index in [-0.39, 0.29) is 24.1 Å². The van der Waals surface area contributed by atoms with E-state index in [1.807, 2.05) is 13.8 Å². The van der Waals surface area contributed by atoms with Gasteiger partial charge in [-0.25, -0.2) is 0 Å². The number of methoxy groups -OCH3 is 1. The summed E-state index contributed by atoms with van der Waals surface area (Å²) in [6, 6.07) is 0. The highest BCUT2D eigenvalue weighted by atomic mass is 16.5. The Balaban J connectivity index is 2.39. The highest BCUT2D eigenvalue weighted by Crippen LogP contribution is 2.27. The second-order valence-corrected chi connectivity index (χ2v) is 4.21. The third-order valence-electron chi connectivity index (χ3n) is 2.64. The van der Waals surface area contributed by atoms with Crippen LogP contribution in [0, 0.1) is 5.92 Å². The van der Waals surface area contributed by atoms with Gasteiger partial charge in [-0.3, -0.25) is 4.79 Å². The molecule has 0 spiro atoms. The summed E-state index contributed by atoms with van der Waals surface area (Å²) in [5, 5.41) is 0. The Morgan fingerprint density at radius 3 is 2.64 bits per heavy atom. The Morgan fingerprint density at radius 1 is 1.36 bits per heavy atom. The molecule has 3 heteroatoms. The molecule has 0 radical (unpaired) electrons. The van der Waals surface area contributed by atoms with Crippen molar-refractivity contribution < 1.29 is 14.3 Å². The van der Waals surface area contributed by atoms with Crippen molar-refractivity contribution in [1.82, 2.24) is 0 Å². The molecule has 1 fully saturated rings. The largest absolute Gasteiger partial charge is 0.463 e. The number of ether oxygens (including phenoxy) is 2. The van der Waals surface area contributed by atoms with Gasteiger partial charge in [0.05, 0.1) is 18.1 Å². The van der Waals surface area contributed by atoms with Crippen LogP contribution < -0.4 is 0 Å². The van der Waals surface area contributed by atoms with Crippen molar-refractivity contribution in [2.45, 2.75) is 51.7 Å². The molecule has 3 nitrogen and oxygen atoms in total. The highest BCUT2D eigenvalue weighted by Gasteiger charge is 2.28. The standard InChI is InChI=1S/C11H20O3/c1-8(2)14-11(12)9-5-4-6-10(7-9)13-3/h8-10H,4-7H2,1-3H3/t9-,10+/m1/s1. The molecule has 1 aliphatic rings. The Kier molecular flexibility index (Phi) is 4.39. The third kappa shape index (κ3) is 3.29. The molecule has 0 saturated heterocycles. The molecule has 0 N–H and O–H groups in total. The van der Waals surface area contributed by atoms with Gasteiger partial charge in [-0.2, -0.15) is 0 Å². The van der Waals surface area contributed by atoms with Gasteiger partial charge in [0.25, 0.3) is 0 Å². The maximum absolute atomic E-state index is 11.6. The first-order chi connectivity index (χ1) is 6.63. The second-order valence-electron chi connectivity index (χ2n) is 4.21. The van der Waals surface area contributed by atoms with Crippen LogP contribution in [0.1, 0.15) is 39.5 Å². The number of carbonyl (C=O) groups excluding carboxylic acids is 1. The van der Waals surface area contributed by atoms with Crippen LogP contribution in [-0.2, 0) is 14.3 Å². The zero-order valence-electron chi connectivity index (χ0n) is 9.29. The van der Waals surface area contributed by atoms with Gasteiger partial charge in [0.2, 0.25) is 0 Å². The van der Waals surface area contributed by atoms with Crippen LogP contribution in [-0.4, -0.2) is 25.3 Å². The van der Waals surface area contributed by atoms with E-state index in [9.17, 15) is 4.79 Å². The summed E-state index contributed by atoms with van der Waals surface area (Å²) in [7, 11) is 1.71. The third-order valence-corrected chi connectivity index (χ3v) is 2.64. The lowest BCUT2D eigenvalue weighted by atomic mass is 9.87. The molecule has 14 heavy (non-hydrogen) atoms. The molecule has 1 saturated carbocycles. The maximum atomic E-state index is 11.6. The SMILES string of the molecule is CO[C@H]1CCC[C@@H](C(=O)OC(C)C)C1. The summed E-state index contributed by atoms with van der Waals surface area (Å²) in [6.45, 7) is 3.77. The van der Waals surface area contributed by atoms with Gasteiger partial charge in [-0.15, -0.1) is 0 Å². The van der Waals surface area contributed by atoms with E-state index in [0.29, 0.717) is 0 Å². The molecular weight excluding hydrogens is 180 g/mol. The fraction of sp³-hybridized carbons (Fsp3) is 0.909. The zero-order chi connectivity index (χ0) is 10.6. The van der Waals surface area contributed by atoms with Crippen LogP contribution in [0.4, 0.5) is 0 Å². The van der Waals surface area contributed by atoms with E-state index in [1.165, 1.54) is 0 Å². The van der Waals surface area contributed by atoms with Gasteiger partial charge in [-0.05, 0) is 33.1 Å². The van der Waals surface area contributed by atoms with Gasteiger partial charge in [0.15, 0.2) is 0 Å². The summed E-state index contributed by atoms with van der Waals surface area (Å²) in [5.41, 5.74) is 0. The molecule has 0 aliphatic heterocycles. The first kappa shape index (κ1) is 11.5. The average molecular weight is 200 g/mol. The lowest BCUT2D eigenvalue weighted by Gasteiger charge is -2.27. The molecule has 0 amide bonds. The van der Waals surface area contributed by atoms with Gasteiger partial charge >= 0.3 is 5.97 Å². The lowest BCUT2D eigenvalue weighted by molar-refractivity contribution is -0.155. The van der Waals surface area contributed by atoms with Crippen molar-refractivity contribution in [2.24, 2.45) is 5.92 Å². The van der Waals surface area contributed by atoms with E-state index >= 15 is 0 Å². The Bertz CT molecular complexity index is 189. The fourth-order valence-corrected chi connectivity index (χ4v) is 1.90. The Labute approximate surface area is 85.8 Å². The van der Waals surface area contributed by atoms with Crippen molar-refractivity contribution in [1.29, 1.82) is 0 Å². The van der Waals surface area contributed by atoms with Crippen LogP contribution in [0.5, 0.6) is 0 Å². The van der Waals surface area contributed by atoms with Crippen LogP contribution >= 0.6 is 0 Å². The molecule has 0 bridgehead atoms. The van der Waals surface area contributed by atoms with E-state index in [4.69, 9.17) is 9.47 Å². The number of hydrogen-bond acceptors (Lipinski definition) is 3. The Morgan fingerprint density at radius 2 is 2.07 bits per heavy atom. The van der Waals surface area contributed by atoms with Gasteiger partial charge < -0.3 is 9.47 Å². The highest BCUT2D eigenvalue weighted by molar-refractivity contribution is 5.72. The molecule has 0 unspecified atom stereocenters. The van der Waals surface area contributed by atoms with Gasteiger partial charge in [0, 0.05) is 7.11 Å². The van der Waals surface area contributed by atoms with Crippen LogP contribution in [0.15, 0.2) is 0 Å². The summed E-state index contributed by atoms with van der Waals surface area (Å²) < 4.78 is 10.5. The van der Waals surface area contributed by atoms with Crippen molar-refractivity contribution >= 4 is 5.97 Å². The molecule has 82 valence electrons. The summed E-state index contributed by atoms with van der Waals surface area (Å²) >= 11 is 0. The molecule has 1 rings (SSSR count). The van der Waals surface area contributed by atoms with Crippen molar-refractivity contribution in [3.63, 3.8) is 0 Å². The monoisotopic (exact) mass is 200 g/mol. The number of hydrogen-bond donors (Lipinski definition) is 0. The minimum absolute atomic E-state index is 0.00887. The van der Waals surface area contributed by atoms with Crippen LogP contribution in [0.2, 0.25) is 0 Å². The quantitative estimate of drug-likeness (QED) is 0.655.